The topological polar surface area (TPSA) is 101 Å². The lowest BCUT2D eigenvalue weighted by molar-refractivity contribution is 0.268. The van der Waals surface area contributed by atoms with E-state index in [4.69, 9.17) is 14.2 Å². The first-order valence-corrected chi connectivity index (χ1v) is 12.3. The van der Waals surface area contributed by atoms with Crippen molar-refractivity contribution in [1.29, 1.82) is 0 Å². The van der Waals surface area contributed by atoms with Gasteiger partial charge in [0.05, 0.1) is 35.7 Å². The van der Waals surface area contributed by atoms with Crippen LogP contribution < -0.4 is 24.6 Å². The zero-order valence-electron chi connectivity index (χ0n) is 19.4. The van der Waals surface area contributed by atoms with Crippen molar-refractivity contribution in [3.05, 3.63) is 40.8 Å². The van der Waals surface area contributed by atoms with Gasteiger partial charge < -0.3 is 14.2 Å². The number of anilines is 1. The number of hydrogen-bond donors (Lipinski definition) is 1. The summed E-state index contributed by atoms with van der Waals surface area (Å²) in [6.45, 7) is 4.63. The van der Waals surface area contributed by atoms with Gasteiger partial charge in [0, 0.05) is 38.4 Å². The lowest BCUT2D eigenvalue weighted by Crippen LogP contribution is -2.19. The van der Waals surface area contributed by atoms with Gasteiger partial charge in [-0.25, -0.2) is 13.2 Å². The number of fused-ring (bicyclic) bond motifs is 1. The lowest BCUT2D eigenvalue weighted by Gasteiger charge is -2.16. The first kappa shape index (κ1) is 23.0. The van der Waals surface area contributed by atoms with E-state index >= 15 is 0 Å². The van der Waals surface area contributed by atoms with Gasteiger partial charge in [0.1, 0.15) is 17.2 Å². The van der Waals surface area contributed by atoms with E-state index in [1.165, 1.54) is 9.13 Å². The van der Waals surface area contributed by atoms with Crippen LogP contribution >= 0.6 is 0 Å². The van der Waals surface area contributed by atoms with Crippen LogP contribution in [0.4, 0.5) is 5.69 Å². The molecule has 178 valence electrons. The maximum Gasteiger partial charge on any atom is 0.328 e. The minimum absolute atomic E-state index is 0.219. The number of rotatable bonds is 9. The number of methoxy groups -OCH3 is 1. The molecule has 0 saturated heterocycles. The molecule has 1 aliphatic carbocycles. The monoisotopic (exact) mass is 475 g/mol. The molecule has 3 aromatic rings. The summed E-state index contributed by atoms with van der Waals surface area (Å²) in [7, 11) is 1.30. The number of benzene rings is 2. The highest BCUT2D eigenvalue weighted by atomic mass is 32.2. The average Bonchev–Trinajstić information content (AvgIpc) is 3.60. The smallest absolute Gasteiger partial charge is 0.328 e. The van der Waals surface area contributed by atoms with Gasteiger partial charge in [-0.2, -0.15) is 0 Å². The Bertz CT molecular complexity index is 1350. The highest BCUT2D eigenvalue weighted by Crippen LogP contribution is 2.39. The molecule has 4 rings (SSSR count). The van der Waals surface area contributed by atoms with Crippen molar-refractivity contribution in [3.8, 4) is 23.0 Å². The average molecular weight is 476 g/mol. The quantitative estimate of drug-likeness (QED) is 0.507. The Balaban J connectivity index is 1.78. The van der Waals surface area contributed by atoms with Crippen molar-refractivity contribution >= 4 is 26.7 Å². The van der Waals surface area contributed by atoms with E-state index in [9.17, 15) is 13.2 Å². The number of aromatic nitrogens is 2. The van der Waals surface area contributed by atoms with E-state index < -0.39 is 15.3 Å². The normalized spacial score (nSPS) is 14.0. The van der Waals surface area contributed by atoms with Gasteiger partial charge in [0.25, 0.3) is 0 Å². The molecular formula is C23H29N3O6S. The number of ether oxygens (including phenoxy) is 3. The van der Waals surface area contributed by atoms with Gasteiger partial charge in [0.15, 0.2) is 5.75 Å². The molecule has 0 unspecified atom stereocenters. The van der Waals surface area contributed by atoms with Crippen LogP contribution in [0, 0.1) is 5.92 Å². The van der Waals surface area contributed by atoms with Crippen molar-refractivity contribution in [3.63, 3.8) is 0 Å². The number of sulfonamides is 1. The minimum Gasteiger partial charge on any atom is -0.496 e. The fourth-order valence-corrected chi connectivity index (χ4v) is 4.89. The molecule has 0 atom stereocenters. The molecule has 1 fully saturated rings. The molecule has 0 amide bonds. The maximum atomic E-state index is 12.7. The van der Waals surface area contributed by atoms with E-state index in [-0.39, 0.29) is 17.1 Å². The van der Waals surface area contributed by atoms with E-state index in [2.05, 4.69) is 18.6 Å². The van der Waals surface area contributed by atoms with Crippen LogP contribution in [0.5, 0.6) is 23.0 Å². The molecule has 1 aliphatic rings. The Labute approximate surface area is 192 Å². The second kappa shape index (κ2) is 8.66. The molecule has 1 heterocycles. The van der Waals surface area contributed by atoms with Crippen LogP contribution in [-0.4, -0.2) is 36.5 Å². The zero-order chi connectivity index (χ0) is 23.9. The van der Waals surface area contributed by atoms with Gasteiger partial charge in [-0.15, -0.1) is 0 Å². The molecule has 10 heteroatoms. The fraction of sp³-hybridized carbons (Fsp3) is 0.435. The van der Waals surface area contributed by atoms with Gasteiger partial charge in [-0.3, -0.25) is 13.9 Å². The largest absolute Gasteiger partial charge is 0.496 e. The maximum absolute atomic E-state index is 12.7. The third kappa shape index (κ3) is 4.80. The Hall–Kier alpha value is -3.14. The van der Waals surface area contributed by atoms with Crippen molar-refractivity contribution < 1.29 is 22.6 Å². The first-order valence-electron chi connectivity index (χ1n) is 10.8. The molecule has 0 radical (unpaired) electrons. The molecular weight excluding hydrogens is 446 g/mol. The number of nitrogens with zero attached hydrogens (tertiary/aromatic N) is 2. The van der Waals surface area contributed by atoms with Crippen molar-refractivity contribution in [1.82, 2.24) is 9.13 Å². The van der Waals surface area contributed by atoms with E-state index in [0.717, 1.165) is 0 Å². The standard InChI is InChI=1S/C23H29N3O6S/c1-14(2)13-31-16-8-15(30-5)9-17(10-16)32-22-12-21-20(25(3)23(27)26(21)4)11-19(22)24-33(28,29)18-6-7-18/h8-12,14,18,24H,6-7,13H2,1-5H3. The van der Waals surface area contributed by atoms with E-state index in [0.29, 0.717) is 53.6 Å². The van der Waals surface area contributed by atoms with Gasteiger partial charge in [-0.1, -0.05) is 13.8 Å². The second-order valence-electron chi connectivity index (χ2n) is 8.74. The number of aryl methyl sites for hydroxylation is 2. The summed E-state index contributed by atoms with van der Waals surface area (Å²) in [5.74, 6) is 2.15. The summed E-state index contributed by atoms with van der Waals surface area (Å²) < 4.78 is 48.3. The van der Waals surface area contributed by atoms with Gasteiger partial charge >= 0.3 is 5.69 Å². The predicted octanol–water partition coefficient (Wildman–Crippen LogP) is 3.62. The van der Waals surface area contributed by atoms with Crippen LogP contribution in [0.1, 0.15) is 26.7 Å². The molecule has 0 bridgehead atoms. The van der Waals surface area contributed by atoms with Crippen LogP contribution in [0.15, 0.2) is 35.1 Å². The summed E-state index contributed by atoms with van der Waals surface area (Å²) in [4.78, 5) is 12.4. The molecule has 2 aromatic carbocycles. The first-order chi connectivity index (χ1) is 15.6. The van der Waals surface area contributed by atoms with Crippen LogP contribution in [0.25, 0.3) is 11.0 Å². The van der Waals surface area contributed by atoms with E-state index in [1.54, 1.807) is 51.5 Å². The Morgan fingerprint density at radius 3 is 2.21 bits per heavy atom. The summed E-state index contributed by atoms with van der Waals surface area (Å²) in [5.41, 5.74) is 1.26. The number of imidazole rings is 1. The lowest BCUT2D eigenvalue weighted by atomic mass is 10.2. The molecule has 33 heavy (non-hydrogen) atoms. The molecule has 9 nitrogen and oxygen atoms in total. The van der Waals surface area contributed by atoms with Gasteiger partial charge in [0.2, 0.25) is 10.0 Å². The number of nitrogens with one attached hydrogen (secondary N) is 1. The van der Waals surface area contributed by atoms with E-state index in [1.807, 2.05) is 0 Å². The summed E-state index contributed by atoms with van der Waals surface area (Å²) in [5, 5.41) is -0.409. The Morgan fingerprint density at radius 1 is 1.00 bits per heavy atom. The zero-order valence-corrected chi connectivity index (χ0v) is 20.2. The molecule has 1 aromatic heterocycles. The highest BCUT2D eigenvalue weighted by molar-refractivity contribution is 7.93. The van der Waals surface area contributed by atoms with Crippen molar-refractivity contribution in [2.24, 2.45) is 20.0 Å². The Kier molecular flexibility index (Phi) is 6.04. The van der Waals surface area contributed by atoms with Crippen LogP contribution in [-0.2, 0) is 24.1 Å². The second-order valence-corrected chi connectivity index (χ2v) is 10.7. The molecule has 0 spiro atoms. The van der Waals surface area contributed by atoms with Crippen molar-refractivity contribution in [2.45, 2.75) is 31.9 Å². The highest BCUT2D eigenvalue weighted by Gasteiger charge is 2.36. The minimum atomic E-state index is -3.55. The third-order valence-electron chi connectivity index (χ3n) is 5.49. The van der Waals surface area contributed by atoms with Crippen LogP contribution in [0.2, 0.25) is 0 Å². The third-order valence-corrected chi connectivity index (χ3v) is 7.34. The predicted molar refractivity (Wildman–Crippen MR) is 127 cm³/mol. The molecule has 1 N–H and O–H groups in total. The Morgan fingerprint density at radius 2 is 1.61 bits per heavy atom. The molecule has 0 aliphatic heterocycles. The SMILES string of the molecule is COc1cc(OCC(C)C)cc(Oc2cc3c(cc2NS(=O)(=O)C2CC2)n(C)c(=O)n3C)c1. The summed E-state index contributed by atoms with van der Waals surface area (Å²) in [6, 6.07) is 8.46. The van der Waals surface area contributed by atoms with Gasteiger partial charge in [-0.05, 0) is 24.8 Å². The van der Waals surface area contributed by atoms with Crippen molar-refractivity contribution in [2.75, 3.05) is 18.4 Å². The fourth-order valence-electron chi connectivity index (χ4n) is 3.50. The number of hydrogen-bond acceptors (Lipinski definition) is 6. The molecule has 1 saturated carbocycles. The van der Waals surface area contributed by atoms with Crippen LogP contribution in [0.3, 0.4) is 0 Å². The summed E-state index contributed by atoms with van der Waals surface area (Å²) in [6.07, 6.45) is 1.26. The summed E-state index contributed by atoms with van der Waals surface area (Å²) >= 11 is 0.